The van der Waals surface area contributed by atoms with E-state index in [1.807, 2.05) is 30.9 Å². The maximum absolute atomic E-state index is 12.4. The first-order valence-electron chi connectivity index (χ1n) is 9.82. The van der Waals surface area contributed by atoms with Gasteiger partial charge in [0.2, 0.25) is 11.8 Å². The van der Waals surface area contributed by atoms with Crippen molar-refractivity contribution in [3.63, 3.8) is 0 Å². The Kier molecular flexibility index (Phi) is 6.16. The summed E-state index contributed by atoms with van der Waals surface area (Å²) in [5.41, 5.74) is 6.61. The minimum Gasteiger partial charge on any atom is -0.470 e. The van der Waals surface area contributed by atoms with E-state index in [0.29, 0.717) is 25.5 Å². The van der Waals surface area contributed by atoms with Crippen LogP contribution in [0.25, 0.3) is 0 Å². The number of hydrogen-bond acceptors (Lipinski definition) is 5. The number of aromatic nitrogens is 1. The van der Waals surface area contributed by atoms with Crippen molar-refractivity contribution in [2.45, 2.75) is 38.7 Å². The van der Waals surface area contributed by atoms with E-state index < -0.39 is 0 Å². The second kappa shape index (κ2) is 8.58. The van der Waals surface area contributed by atoms with E-state index in [-0.39, 0.29) is 35.6 Å². The van der Waals surface area contributed by atoms with Crippen molar-refractivity contribution in [1.29, 1.82) is 0 Å². The van der Waals surface area contributed by atoms with E-state index in [4.69, 9.17) is 10.5 Å². The van der Waals surface area contributed by atoms with Crippen LogP contribution in [0.5, 0.6) is 5.88 Å². The smallest absolute Gasteiger partial charge is 0.288 e. The summed E-state index contributed by atoms with van der Waals surface area (Å²) < 4.78 is 6.08. The number of carbonyl (C=O) groups excluding carboxylic acids is 2. The Morgan fingerprint density at radius 3 is 2.71 bits per heavy atom. The van der Waals surface area contributed by atoms with Gasteiger partial charge in [0, 0.05) is 43.7 Å². The summed E-state index contributed by atoms with van der Waals surface area (Å²) in [6.45, 7) is 6.30. The third-order valence-corrected chi connectivity index (χ3v) is 5.34. The fourth-order valence-electron chi connectivity index (χ4n) is 3.70. The van der Waals surface area contributed by atoms with Crippen LogP contribution in [0.15, 0.2) is 23.3 Å². The summed E-state index contributed by atoms with van der Waals surface area (Å²) in [5, 5.41) is 0. The van der Waals surface area contributed by atoms with E-state index in [2.05, 4.69) is 9.98 Å². The Labute approximate surface area is 165 Å². The fraction of sp³-hybridized carbons (Fsp3) is 0.600. The van der Waals surface area contributed by atoms with Crippen molar-refractivity contribution >= 4 is 17.6 Å². The molecule has 3 rings (SSSR count). The molecule has 8 heteroatoms. The van der Waals surface area contributed by atoms with Gasteiger partial charge in [-0.2, -0.15) is 0 Å². The molecule has 28 heavy (non-hydrogen) atoms. The molecule has 0 bridgehead atoms. The number of pyridine rings is 1. The highest BCUT2D eigenvalue weighted by molar-refractivity contribution is 6.37. The van der Waals surface area contributed by atoms with Crippen LogP contribution in [-0.4, -0.2) is 71.8 Å². The molecule has 2 N–H and O–H groups in total. The van der Waals surface area contributed by atoms with E-state index in [0.717, 1.165) is 24.9 Å². The number of hydrogen-bond donors (Lipinski definition) is 1. The largest absolute Gasteiger partial charge is 0.470 e. The number of nitrogens with two attached hydrogens (primary N) is 1. The topological polar surface area (TPSA) is 101 Å². The number of amidine groups is 1. The highest BCUT2D eigenvalue weighted by atomic mass is 16.5. The van der Waals surface area contributed by atoms with E-state index >= 15 is 0 Å². The second-order valence-corrected chi connectivity index (χ2v) is 7.73. The molecule has 8 nitrogen and oxygen atoms in total. The van der Waals surface area contributed by atoms with Crippen LogP contribution < -0.4 is 10.5 Å². The van der Waals surface area contributed by atoms with Gasteiger partial charge in [0.25, 0.3) is 5.91 Å². The van der Waals surface area contributed by atoms with Gasteiger partial charge >= 0.3 is 0 Å². The lowest BCUT2D eigenvalue weighted by atomic mass is 9.90. The fourth-order valence-corrected chi connectivity index (χ4v) is 3.70. The van der Waals surface area contributed by atoms with Crippen molar-refractivity contribution in [3.05, 3.63) is 23.9 Å². The third-order valence-electron chi connectivity index (χ3n) is 5.34. The van der Waals surface area contributed by atoms with Crippen LogP contribution in [0.4, 0.5) is 0 Å². The number of likely N-dealkylation sites (tertiary alicyclic amines) is 2. The zero-order chi connectivity index (χ0) is 20.3. The molecule has 152 valence electrons. The maximum atomic E-state index is 12.4. The molecular formula is C20H29N5O3. The summed E-state index contributed by atoms with van der Waals surface area (Å²) in [7, 11) is 1.50. The number of amides is 2. The highest BCUT2D eigenvalue weighted by Crippen LogP contribution is 2.33. The van der Waals surface area contributed by atoms with Crippen molar-refractivity contribution in [1.82, 2.24) is 14.8 Å². The number of piperidine rings is 1. The lowest BCUT2D eigenvalue weighted by Gasteiger charge is -2.39. The third kappa shape index (κ3) is 4.26. The number of aliphatic imine (C=N–C) groups is 1. The Morgan fingerprint density at radius 1 is 1.29 bits per heavy atom. The second-order valence-electron chi connectivity index (χ2n) is 7.73. The number of nitrogens with zero attached hydrogens (tertiary/aromatic N) is 4. The van der Waals surface area contributed by atoms with Gasteiger partial charge in [-0.05, 0) is 18.9 Å². The zero-order valence-electron chi connectivity index (χ0n) is 16.8. The summed E-state index contributed by atoms with van der Waals surface area (Å²) >= 11 is 0. The summed E-state index contributed by atoms with van der Waals surface area (Å²) in [6, 6.07) is 3.93. The normalized spacial score (nSPS) is 20.9. The SMILES string of the molecule is CN=C(N)C(=O)N1CC(Oc2ncccc2C2CCCN(C(=O)C(C)C)C2)C1. The van der Waals surface area contributed by atoms with Gasteiger partial charge in [0.15, 0.2) is 5.84 Å². The van der Waals surface area contributed by atoms with Gasteiger partial charge in [-0.3, -0.25) is 14.6 Å². The van der Waals surface area contributed by atoms with Crippen LogP contribution in [0, 0.1) is 5.92 Å². The molecule has 3 heterocycles. The predicted molar refractivity (Wildman–Crippen MR) is 106 cm³/mol. The van der Waals surface area contributed by atoms with E-state index in [1.165, 1.54) is 7.05 Å². The number of ether oxygens (including phenoxy) is 1. The molecule has 2 saturated heterocycles. The van der Waals surface area contributed by atoms with E-state index in [9.17, 15) is 9.59 Å². The van der Waals surface area contributed by atoms with Gasteiger partial charge in [-0.1, -0.05) is 19.9 Å². The molecular weight excluding hydrogens is 358 g/mol. The lowest BCUT2D eigenvalue weighted by Crippen LogP contribution is -2.59. The first-order chi connectivity index (χ1) is 13.4. The van der Waals surface area contributed by atoms with Gasteiger partial charge < -0.3 is 20.3 Å². The van der Waals surface area contributed by atoms with Gasteiger partial charge in [0.05, 0.1) is 13.1 Å². The first-order valence-corrected chi connectivity index (χ1v) is 9.82. The Balaban J connectivity index is 1.64. The molecule has 0 saturated carbocycles. The Bertz CT molecular complexity index is 758. The molecule has 2 fully saturated rings. The molecule has 0 spiro atoms. The number of rotatable bonds is 4. The van der Waals surface area contributed by atoms with Crippen molar-refractivity contribution in [3.8, 4) is 5.88 Å². The molecule has 2 amide bonds. The minimum atomic E-state index is -0.265. The van der Waals surface area contributed by atoms with Crippen molar-refractivity contribution in [2.24, 2.45) is 16.6 Å². The van der Waals surface area contributed by atoms with Crippen LogP contribution >= 0.6 is 0 Å². The summed E-state index contributed by atoms with van der Waals surface area (Å²) in [4.78, 5) is 36.1. The molecule has 1 aromatic rings. The molecule has 2 aliphatic heterocycles. The summed E-state index contributed by atoms with van der Waals surface area (Å²) in [5.74, 6) is 0.745. The highest BCUT2D eigenvalue weighted by Gasteiger charge is 2.35. The van der Waals surface area contributed by atoms with Crippen molar-refractivity contribution < 1.29 is 14.3 Å². The first kappa shape index (κ1) is 20.1. The average Bonchev–Trinajstić information content (AvgIpc) is 2.69. The molecule has 0 aliphatic carbocycles. The Morgan fingerprint density at radius 2 is 2.04 bits per heavy atom. The monoisotopic (exact) mass is 387 g/mol. The number of carbonyl (C=O) groups is 2. The average molecular weight is 387 g/mol. The van der Waals surface area contributed by atoms with Crippen LogP contribution in [-0.2, 0) is 9.59 Å². The van der Waals surface area contributed by atoms with E-state index in [1.54, 1.807) is 11.1 Å². The lowest BCUT2D eigenvalue weighted by molar-refractivity contribution is -0.135. The van der Waals surface area contributed by atoms with Crippen LogP contribution in [0.2, 0.25) is 0 Å². The Hall–Kier alpha value is -2.64. The molecule has 0 radical (unpaired) electrons. The van der Waals surface area contributed by atoms with Gasteiger partial charge in [-0.15, -0.1) is 0 Å². The zero-order valence-corrected chi connectivity index (χ0v) is 16.8. The molecule has 1 unspecified atom stereocenters. The van der Waals surface area contributed by atoms with Crippen LogP contribution in [0.3, 0.4) is 0 Å². The molecule has 0 aromatic carbocycles. The molecule has 1 atom stereocenters. The molecule has 1 aromatic heterocycles. The molecule has 2 aliphatic rings. The quantitative estimate of drug-likeness (QED) is 0.614. The maximum Gasteiger partial charge on any atom is 0.288 e. The predicted octanol–water partition coefficient (Wildman–Crippen LogP) is 1.02. The summed E-state index contributed by atoms with van der Waals surface area (Å²) in [6.07, 6.45) is 3.57. The van der Waals surface area contributed by atoms with Gasteiger partial charge in [-0.25, -0.2) is 4.98 Å². The van der Waals surface area contributed by atoms with Gasteiger partial charge in [0.1, 0.15) is 6.10 Å². The minimum absolute atomic E-state index is 0.000890. The van der Waals surface area contributed by atoms with Crippen LogP contribution in [0.1, 0.15) is 38.2 Å². The van der Waals surface area contributed by atoms with Crippen molar-refractivity contribution in [2.75, 3.05) is 33.2 Å². The standard InChI is InChI=1S/C20H29N5O3/c1-13(2)19(26)24-9-5-6-14(10-24)16-7-4-8-23-18(16)28-15-11-25(12-15)20(27)17(21)22-3/h4,7-8,13-15H,5-6,9-12H2,1-3H3,(H2,21,22).